The van der Waals surface area contributed by atoms with E-state index in [1.165, 1.54) is 4.90 Å². The molecule has 0 aromatic heterocycles. The maximum atomic E-state index is 11.8. The van der Waals surface area contributed by atoms with Crippen molar-refractivity contribution < 1.29 is 27.4 Å². The summed E-state index contributed by atoms with van der Waals surface area (Å²) in [7, 11) is 0. The second-order valence-corrected chi connectivity index (χ2v) is 3.41. The highest BCUT2D eigenvalue weighted by Gasteiger charge is 2.30. The summed E-state index contributed by atoms with van der Waals surface area (Å²) in [6.45, 7) is -1.63. The van der Waals surface area contributed by atoms with E-state index in [0.717, 1.165) is 0 Å². The van der Waals surface area contributed by atoms with Crippen molar-refractivity contribution in [1.82, 2.24) is 4.90 Å². The van der Waals surface area contributed by atoms with E-state index in [-0.39, 0.29) is 19.8 Å². The molecular formula is C9H11F3N2O3. The Balaban J connectivity index is 2.38. The van der Waals surface area contributed by atoms with Gasteiger partial charge in [-0.3, -0.25) is 4.79 Å². The van der Waals surface area contributed by atoms with Crippen LogP contribution in [0.3, 0.4) is 0 Å². The molecular weight excluding hydrogens is 241 g/mol. The lowest BCUT2D eigenvalue weighted by molar-refractivity contribution is -0.179. The van der Waals surface area contributed by atoms with Crippen molar-refractivity contribution in [3.63, 3.8) is 0 Å². The second kappa shape index (κ2) is 5.84. The Labute approximate surface area is 95.7 Å². The molecule has 0 radical (unpaired) electrons. The van der Waals surface area contributed by atoms with E-state index in [1.807, 2.05) is 6.07 Å². The fourth-order valence-corrected chi connectivity index (χ4v) is 1.35. The maximum absolute atomic E-state index is 11.8. The number of halogens is 3. The van der Waals surface area contributed by atoms with Gasteiger partial charge in [0, 0.05) is 6.54 Å². The molecule has 1 saturated heterocycles. The topological polar surface area (TPSA) is 62.6 Å². The Hall–Kier alpha value is -1.33. The number of ether oxygens (including phenoxy) is 2. The summed E-state index contributed by atoms with van der Waals surface area (Å²) >= 11 is 0. The molecule has 0 spiro atoms. The fourth-order valence-electron chi connectivity index (χ4n) is 1.35. The Morgan fingerprint density at radius 3 is 2.88 bits per heavy atom. The molecule has 1 atom stereocenters. The predicted octanol–water partition coefficient (Wildman–Crippen LogP) is 0.316. The molecule has 0 unspecified atom stereocenters. The smallest absolute Gasteiger partial charge is 0.376 e. The Morgan fingerprint density at radius 2 is 2.29 bits per heavy atom. The van der Waals surface area contributed by atoms with Crippen LogP contribution in [0.25, 0.3) is 0 Å². The molecule has 1 fully saturated rings. The fraction of sp³-hybridized carbons (Fsp3) is 0.778. The van der Waals surface area contributed by atoms with Crippen molar-refractivity contribution in [2.45, 2.75) is 12.2 Å². The van der Waals surface area contributed by atoms with E-state index in [0.29, 0.717) is 0 Å². The van der Waals surface area contributed by atoms with Gasteiger partial charge < -0.3 is 14.4 Å². The van der Waals surface area contributed by atoms with Gasteiger partial charge in [0.15, 0.2) is 0 Å². The zero-order chi connectivity index (χ0) is 12.9. The summed E-state index contributed by atoms with van der Waals surface area (Å²) < 4.78 is 44.5. The van der Waals surface area contributed by atoms with Gasteiger partial charge in [0.25, 0.3) is 0 Å². The number of nitrogens with zero attached hydrogens (tertiary/aromatic N) is 2. The van der Waals surface area contributed by atoms with Crippen LogP contribution >= 0.6 is 0 Å². The molecule has 0 saturated carbocycles. The highest BCUT2D eigenvalue weighted by atomic mass is 19.4. The molecule has 0 aromatic rings. The van der Waals surface area contributed by atoms with Gasteiger partial charge in [-0.15, -0.1) is 0 Å². The molecule has 0 aromatic carbocycles. The Bertz CT molecular complexity index is 314. The first-order chi connectivity index (χ1) is 7.94. The number of hydrogen-bond acceptors (Lipinski definition) is 4. The zero-order valence-electron chi connectivity index (χ0n) is 8.87. The summed E-state index contributed by atoms with van der Waals surface area (Å²) in [6, 6.07) is 1.09. The lowest BCUT2D eigenvalue weighted by Gasteiger charge is -2.31. The molecule has 0 bridgehead atoms. The van der Waals surface area contributed by atoms with E-state index in [4.69, 9.17) is 10.00 Å². The number of rotatable bonds is 3. The number of carbonyl (C=O) groups excluding carboxylic acids is 1. The molecule has 1 heterocycles. The van der Waals surface area contributed by atoms with E-state index in [1.54, 1.807) is 0 Å². The Morgan fingerprint density at radius 1 is 1.59 bits per heavy atom. The third kappa shape index (κ3) is 4.58. The van der Waals surface area contributed by atoms with Crippen LogP contribution in [0.1, 0.15) is 0 Å². The van der Waals surface area contributed by atoms with Gasteiger partial charge in [-0.2, -0.15) is 18.4 Å². The van der Waals surface area contributed by atoms with Crippen LogP contribution in [-0.4, -0.2) is 56.0 Å². The Kier molecular flexibility index (Phi) is 4.72. The minimum atomic E-state index is -4.46. The molecule has 8 heteroatoms. The van der Waals surface area contributed by atoms with Gasteiger partial charge in [-0.25, -0.2) is 0 Å². The van der Waals surface area contributed by atoms with Crippen molar-refractivity contribution in [3.05, 3.63) is 0 Å². The molecule has 0 aliphatic carbocycles. The first kappa shape index (κ1) is 13.7. The summed E-state index contributed by atoms with van der Waals surface area (Å²) in [5.74, 6) is -0.635. The van der Waals surface area contributed by atoms with Crippen LogP contribution in [0.2, 0.25) is 0 Å². The number of carbonyl (C=O) groups is 1. The minimum Gasteiger partial charge on any atom is -0.376 e. The van der Waals surface area contributed by atoms with Gasteiger partial charge in [0.2, 0.25) is 5.91 Å². The number of amides is 1. The van der Waals surface area contributed by atoms with Gasteiger partial charge in [0.1, 0.15) is 19.3 Å². The highest BCUT2D eigenvalue weighted by molar-refractivity contribution is 5.78. The van der Waals surface area contributed by atoms with Gasteiger partial charge >= 0.3 is 6.18 Å². The first-order valence-corrected chi connectivity index (χ1v) is 4.85. The molecule has 1 aliphatic heterocycles. The van der Waals surface area contributed by atoms with Crippen molar-refractivity contribution in [2.24, 2.45) is 0 Å². The van der Waals surface area contributed by atoms with Crippen LogP contribution < -0.4 is 0 Å². The van der Waals surface area contributed by atoms with E-state index >= 15 is 0 Å². The van der Waals surface area contributed by atoms with Crippen LogP contribution in [0.4, 0.5) is 13.2 Å². The van der Waals surface area contributed by atoms with Crippen molar-refractivity contribution in [1.29, 1.82) is 5.26 Å². The monoisotopic (exact) mass is 252 g/mol. The second-order valence-electron chi connectivity index (χ2n) is 3.41. The summed E-state index contributed by atoms with van der Waals surface area (Å²) in [5, 5.41) is 8.72. The van der Waals surface area contributed by atoms with Gasteiger partial charge in [0.05, 0.1) is 19.3 Å². The zero-order valence-corrected chi connectivity index (χ0v) is 8.87. The quantitative estimate of drug-likeness (QED) is 0.725. The summed E-state index contributed by atoms with van der Waals surface area (Å²) in [4.78, 5) is 12.6. The molecule has 5 nitrogen and oxygen atoms in total. The van der Waals surface area contributed by atoms with Gasteiger partial charge in [-0.05, 0) is 0 Å². The van der Waals surface area contributed by atoms with Crippen molar-refractivity contribution >= 4 is 5.91 Å². The maximum Gasteiger partial charge on any atom is 0.411 e. The lowest BCUT2D eigenvalue weighted by atomic mass is 10.2. The van der Waals surface area contributed by atoms with Crippen molar-refractivity contribution in [3.8, 4) is 6.07 Å². The van der Waals surface area contributed by atoms with E-state index in [2.05, 4.69) is 4.74 Å². The highest BCUT2D eigenvalue weighted by Crippen LogP contribution is 2.14. The third-order valence-corrected chi connectivity index (χ3v) is 2.09. The average molecular weight is 252 g/mol. The molecule has 96 valence electrons. The van der Waals surface area contributed by atoms with Crippen LogP contribution in [0, 0.1) is 11.3 Å². The van der Waals surface area contributed by atoms with E-state index in [9.17, 15) is 18.0 Å². The molecule has 1 amide bonds. The number of alkyl halides is 3. The number of morpholine rings is 1. The van der Waals surface area contributed by atoms with Crippen LogP contribution in [0.5, 0.6) is 0 Å². The molecule has 1 aliphatic rings. The summed E-state index contributed by atoms with van der Waals surface area (Å²) in [5.41, 5.74) is 0. The third-order valence-electron chi connectivity index (χ3n) is 2.09. The summed E-state index contributed by atoms with van der Waals surface area (Å²) in [6.07, 6.45) is -4.46. The van der Waals surface area contributed by atoms with E-state index < -0.39 is 31.3 Å². The number of nitriles is 1. The number of hydrogen-bond donors (Lipinski definition) is 0. The van der Waals surface area contributed by atoms with Gasteiger partial charge in [-0.1, -0.05) is 0 Å². The normalized spacial score (nSPS) is 21.1. The molecule has 17 heavy (non-hydrogen) atoms. The molecule has 0 N–H and O–H groups in total. The SMILES string of the molecule is N#C[C@H]1COCCN1C(=O)COCC(F)(F)F. The minimum absolute atomic E-state index is 0.0709. The molecule has 1 rings (SSSR count). The first-order valence-electron chi connectivity index (χ1n) is 4.85. The standard InChI is InChI=1S/C9H11F3N2O3/c10-9(11,12)6-17-5-8(15)14-1-2-16-4-7(14)3-13/h7H,1-2,4-6H2/t7-/m0/s1. The lowest BCUT2D eigenvalue weighted by Crippen LogP contribution is -2.49. The van der Waals surface area contributed by atoms with Crippen LogP contribution in [0.15, 0.2) is 0 Å². The largest absolute Gasteiger partial charge is 0.411 e. The van der Waals surface area contributed by atoms with Crippen molar-refractivity contribution in [2.75, 3.05) is 33.0 Å². The predicted molar refractivity (Wildman–Crippen MR) is 48.8 cm³/mol. The van der Waals surface area contributed by atoms with Crippen LogP contribution in [-0.2, 0) is 14.3 Å². The average Bonchev–Trinajstić information content (AvgIpc) is 2.27.